The van der Waals surface area contributed by atoms with Gasteiger partial charge in [-0.25, -0.2) is 0 Å². The van der Waals surface area contributed by atoms with Crippen molar-refractivity contribution in [2.45, 2.75) is 6.04 Å². The summed E-state index contributed by atoms with van der Waals surface area (Å²) < 4.78 is 2.84. The van der Waals surface area contributed by atoms with Gasteiger partial charge in [0.25, 0.3) is 0 Å². The highest BCUT2D eigenvalue weighted by Gasteiger charge is 2.20. The first-order valence-corrected chi connectivity index (χ1v) is 7.20. The van der Waals surface area contributed by atoms with E-state index in [4.69, 9.17) is 4.98 Å². The van der Waals surface area contributed by atoms with Gasteiger partial charge in [-0.2, -0.15) is 5.10 Å². The van der Waals surface area contributed by atoms with Gasteiger partial charge in [0.1, 0.15) is 0 Å². The predicted octanol–water partition coefficient (Wildman–Crippen LogP) is 3.04. The first-order valence-electron chi connectivity index (χ1n) is 6.41. The second-order valence-electron chi connectivity index (χ2n) is 4.65. The predicted molar refractivity (Wildman–Crippen MR) is 83.6 cm³/mol. The maximum absolute atomic E-state index is 4.76. The molecule has 20 heavy (non-hydrogen) atoms. The van der Waals surface area contributed by atoms with Crippen molar-refractivity contribution >= 4 is 26.8 Å². The summed E-state index contributed by atoms with van der Waals surface area (Å²) in [6.45, 7) is 0. The molecule has 0 aliphatic rings. The quantitative estimate of drug-likeness (QED) is 0.802. The Kier molecular flexibility index (Phi) is 3.54. The molecule has 0 saturated carbocycles. The molecule has 1 unspecified atom stereocenters. The Hall–Kier alpha value is -1.72. The van der Waals surface area contributed by atoms with Gasteiger partial charge in [0, 0.05) is 12.4 Å². The molecule has 0 aliphatic heterocycles. The smallest absolute Gasteiger partial charge is 0.0931 e. The molecule has 0 radical (unpaired) electrons. The highest BCUT2D eigenvalue weighted by atomic mass is 79.9. The molecule has 4 nitrogen and oxygen atoms in total. The Morgan fingerprint density at radius 1 is 1.20 bits per heavy atom. The van der Waals surface area contributed by atoms with E-state index in [1.165, 1.54) is 0 Å². The topological polar surface area (TPSA) is 42.7 Å². The number of hydrogen-bond donors (Lipinski definition) is 1. The molecule has 0 bridgehead atoms. The number of pyridine rings is 1. The van der Waals surface area contributed by atoms with E-state index in [9.17, 15) is 0 Å². The molecule has 2 heterocycles. The minimum Gasteiger partial charge on any atom is -0.307 e. The highest BCUT2D eigenvalue weighted by Crippen LogP contribution is 2.27. The van der Waals surface area contributed by atoms with E-state index in [0.29, 0.717) is 0 Å². The minimum absolute atomic E-state index is 0.00137. The molecular weight excluding hydrogens is 316 g/mol. The van der Waals surface area contributed by atoms with E-state index in [1.54, 1.807) is 6.20 Å². The Morgan fingerprint density at radius 2 is 2.00 bits per heavy atom. The number of rotatable bonds is 3. The SMILES string of the molecule is CNC(c1ccc2ccccc2n1)c1c(Br)cnn1C. The summed E-state index contributed by atoms with van der Waals surface area (Å²) in [5.41, 5.74) is 3.05. The van der Waals surface area contributed by atoms with Crippen LogP contribution in [0.2, 0.25) is 0 Å². The van der Waals surface area contributed by atoms with E-state index < -0.39 is 0 Å². The van der Waals surface area contributed by atoms with Gasteiger partial charge in [-0.3, -0.25) is 9.67 Å². The van der Waals surface area contributed by atoms with Crippen LogP contribution in [0.1, 0.15) is 17.4 Å². The third kappa shape index (κ3) is 2.23. The van der Waals surface area contributed by atoms with E-state index >= 15 is 0 Å². The molecule has 5 heteroatoms. The summed E-state index contributed by atoms with van der Waals surface area (Å²) >= 11 is 3.55. The van der Waals surface area contributed by atoms with Crippen molar-refractivity contribution in [1.82, 2.24) is 20.1 Å². The van der Waals surface area contributed by atoms with Crippen LogP contribution in [0, 0.1) is 0 Å². The van der Waals surface area contributed by atoms with Crippen LogP contribution in [0.5, 0.6) is 0 Å². The zero-order valence-electron chi connectivity index (χ0n) is 11.3. The largest absolute Gasteiger partial charge is 0.307 e. The molecule has 0 spiro atoms. The molecule has 0 amide bonds. The maximum Gasteiger partial charge on any atom is 0.0931 e. The standard InChI is InChI=1S/C15H15BrN4/c1-17-14(15-11(16)9-18-20(15)2)13-8-7-10-5-3-4-6-12(10)19-13/h3-9,14,17H,1-2H3. The van der Waals surface area contributed by atoms with Gasteiger partial charge in [0.05, 0.1) is 33.6 Å². The number of fused-ring (bicyclic) bond motifs is 1. The van der Waals surface area contributed by atoms with Gasteiger partial charge in [0.2, 0.25) is 0 Å². The number of nitrogens with zero attached hydrogens (tertiary/aromatic N) is 3. The Labute approximate surface area is 126 Å². The molecule has 1 aromatic carbocycles. The van der Waals surface area contributed by atoms with Gasteiger partial charge in [-0.1, -0.05) is 24.3 Å². The molecule has 1 N–H and O–H groups in total. The molecule has 0 fully saturated rings. The lowest BCUT2D eigenvalue weighted by molar-refractivity contribution is 0.594. The molecule has 0 saturated heterocycles. The van der Waals surface area contributed by atoms with Crippen LogP contribution < -0.4 is 5.32 Å². The number of hydrogen-bond acceptors (Lipinski definition) is 3. The van der Waals surface area contributed by atoms with E-state index in [-0.39, 0.29) is 6.04 Å². The molecule has 1 atom stereocenters. The summed E-state index contributed by atoms with van der Waals surface area (Å²) in [6, 6.07) is 12.3. The zero-order chi connectivity index (χ0) is 14.1. The lowest BCUT2D eigenvalue weighted by atomic mass is 10.1. The number of aromatic nitrogens is 3. The van der Waals surface area contributed by atoms with Crippen molar-refractivity contribution < 1.29 is 0 Å². The van der Waals surface area contributed by atoms with Crippen molar-refractivity contribution in [2.75, 3.05) is 7.05 Å². The Bertz CT molecular complexity index is 731. The van der Waals surface area contributed by atoms with Gasteiger partial charge >= 0.3 is 0 Å². The monoisotopic (exact) mass is 330 g/mol. The van der Waals surface area contributed by atoms with Crippen LogP contribution in [0.15, 0.2) is 47.1 Å². The summed E-state index contributed by atoms with van der Waals surface area (Å²) in [5, 5.41) is 8.74. The van der Waals surface area contributed by atoms with Crippen molar-refractivity contribution in [1.29, 1.82) is 0 Å². The minimum atomic E-state index is 0.00137. The third-order valence-electron chi connectivity index (χ3n) is 3.42. The van der Waals surface area contributed by atoms with E-state index in [2.05, 4.69) is 44.5 Å². The summed E-state index contributed by atoms with van der Waals surface area (Å²) in [7, 11) is 3.87. The first kappa shape index (κ1) is 13.3. The average molecular weight is 331 g/mol. The fourth-order valence-electron chi connectivity index (χ4n) is 2.41. The van der Waals surface area contributed by atoms with Gasteiger partial charge < -0.3 is 5.32 Å². The second kappa shape index (κ2) is 5.34. The summed E-state index contributed by atoms with van der Waals surface area (Å²) in [4.78, 5) is 4.76. The van der Waals surface area contributed by atoms with Crippen molar-refractivity contribution in [2.24, 2.45) is 7.05 Å². The van der Waals surface area contributed by atoms with Crippen LogP contribution >= 0.6 is 15.9 Å². The van der Waals surface area contributed by atoms with E-state index in [1.807, 2.05) is 37.0 Å². The fourth-order valence-corrected chi connectivity index (χ4v) is 2.99. The molecular formula is C15H15BrN4. The van der Waals surface area contributed by atoms with Gasteiger partial charge in [-0.15, -0.1) is 0 Å². The normalized spacial score (nSPS) is 12.8. The molecule has 3 aromatic rings. The lowest BCUT2D eigenvalue weighted by Gasteiger charge is -2.17. The third-order valence-corrected chi connectivity index (χ3v) is 4.03. The van der Waals surface area contributed by atoms with Gasteiger partial charge in [-0.05, 0) is 35.1 Å². The van der Waals surface area contributed by atoms with Crippen LogP contribution in [0.3, 0.4) is 0 Å². The second-order valence-corrected chi connectivity index (χ2v) is 5.51. The highest BCUT2D eigenvalue weighted by molar-refractivity contribution is 9.10. The zero-order valence-corrected chi connectivity index (χ0v) is 12.9. The van der Waals surface area contributed by atoms with Crippen molar-refractivity contribution in [3.05, 3.63) is 58.5 Å². The van der Waals surface area contributed by atoms with E-state index in [0.717, 1.165) is 26.8 Å². The molecule has 3 rings (SSSR count). The van der Waals surface area contributed by atoms with Crippen molar-refractivity contribution in [3.8, 4) is 0 Å². The van der Waals surface area contributed by atoms with Crippen LogP contribution in [-0.4, -0.2) is 21.8 Å². The number of benzene rings is 1. The van der Waals surface area contributed by atoms with Crippen LogP contribution in [0.4, 0.5) is 0 Å². The molecule has 2 aromatic heterocycles. The lowest BCUT2D eigenvalue weighted by Crippen LogP contribution is -2.22. The number of halogens is 1. The Morgan fingerprint density at radius 3 is 2.70 bits per heavy atom. The van der Waals surface area contributed by atoms with Crippen LogP contribution in [-0.2, 0) is 7.05 Å². The number of para-hydroxylation sites is 1. The summed E-state index contributed by atoms with van der Waals surface area (Å²) in [6.07, 6.45) is 1.81. The summed E-state index contributed by atoms with van der Waals surface area (Å²) in [5.74, 6) is 0. The fraction of sp³-hybridized carbons (Fsp3) is 0.200. The van der Waals surface area contributed by atoms with Gasteiger partial charge in [0.15, 0.2) is 0 Å². The number of aryl methyl sites for hydroxylation is 1. The average Bonchev–Trinajstić information content (AvgIpc) is 2.80. The maximum atomic E-state index is 4.76. The molecule has 0 aliphatic carbocycles. The first-order chi connectivity index (χ1) is 9.70. The van der Waals surface area contributed by atoms with Crippen molar-refractivity contribution in [3.63, 3.8) is 0 Å². The Balaban J connectivity index is 2.12. The van der Waals surface area contributed by atoms with Crippen LogP contribution in [0.25, 0.3) is 10.9 Å². The molecule has 102 valence electrons. The number of nitrogens with one attached hydrogen (secondary N) is 1.